The van der Waals surface area contributed by atoms with E-state index in [1.54, 1.807) is 0 Å². The molecule has 58 valence electrons. The minimum Gasteiger partial charge on any atom is -0.411 e. The van der Waals surface area contributed by atoms with Gasteiger partial charge in [-0.25, -0.2) is 4.99 Å². The molecule has 0 spiro atoms. The van der Waals surface area contributed by atoms with Crippen molar-refractivity contribution in [3.63, 3.8) is 0 Å². The summed E-state index contributed by atoms with van der Waals surface area (Å²) in [6.45, 7) is 0. The first kappa shape index (κ1) is 7.19. The molecule has 4 N–H and O–H groups in total. The highest BCUT2D eigenvalue weighted by Gasteiger charge is 2.01. The number of nitrogens with zero attached hydrogens (tertiary/aromatic N) is 4. The maximum Gasteiger partial charge on any atom is 0.204 e. The third-order valence-corrected chi connectivity index (χ3v) is 0.932. The highest BCUT2D eigenvalue weighted by Crippen LogP contribution is 2.07. The maximum atomic E-state index is 8.14. The van der Waals surface area contributed by atoms with Crippen LogP contribution < -0.4 is 5.73 Å². The minimum atomic E-state index is 0.283. The number of rotatable bonds is 2. The number of oxime groups is 1. The number of hydrogen-bond donors (Lipinski definition) is 3. The predicted molar refractivity (Wildman–Crippen MR) is 38.1 cm³/mol. The summed E-state index contributed by atoms with van der Waals surface area (Å²) < 4.78 is 0. The summed E-state index contributed by atoms with van der Waals surface area (Å²) in [5.41, 5.74) is 5.33. The van der Waals surface area contributed by atoms with E-state index in [1.807, 2.05) is 0 Å². The van der Waals surface area contributed by atoms with E-state index in [1.165, 1.54) is 0 Å². The van der Waals surface area contributed by atoms with E-state index in [0.29, 0.717) is 5.69 Å². The van der Waals surface area contributed by atoms with Crippen molar-refractivity contribution in [2.75, 3.05) is 0 Å². The summed E-state index contributed by atoms with van der Waals surface area (Å²) >= 11 is 0. The molecule has 0 fully saturated rings. The summed E-state index contributed by atoms with van der Waals surface area (Å²) in [6, 6.07) is 0. The quantitative estimate of drug-likeness (QED) is 0.224. The van der Waals surface area contributed by atoms with Gasteiger partial charge in [0.05, 0.1) is 12.6 Å². The van der Waals surface area contributed by atoms with Crippen molar-refractivity contribution >= 4 is 18.4 Å². The Morgan fingerprint density at radius 2 is 2.36 bits per heavy atom. The van der Waals surface area contributed by atoms with Crippen molar-refractivity contribution in [1.29, 1.82) is 0 Å². The topological polar surface area (TPSA) is 113 Å². The van der Waals surface area contributed by atoms with Gasteiger partial charge < -0.3 is 10.9 Å². The molecule has 0 unspecified atom stereocenters. The molecule has 0 bridgehead atoms. The van der Waals surface area contributed by atoms with Crippen molar-refractivity contribution in [1.82, 2.24) is 15.4 Å². The molecule has 0 aliphatic rings. The van der Waals surface area contributed by atoms with Gasteiger partial charge in [-0.2, -0.15) is 10.3 Å². The van der Waals surface area contributed by atoms with Gasteiger partial charge >= 0.3 is 0 Å². The van der Waals surface area contributed by atoms with Gasteiger partial charge in [0.1, 0.15) is 0 Å². The van der Waals surface area contributed by atoms with Gasteiger partial charge in [0, 0.05) is 0 Å². The van der Waals surface area contributed by atoms with Crippen LogP contribution in [0.1, 0.15) is 5.69 Å². The average molecular weight is 154 g/mol. The van der Waals surface area contributed by atoms with Gasteiger partial charge in [0.2, 0.25) is 5.82 Å². The smallest absolute Gasteiger partial charge is 0.204 e. The number of aromatic nitrogens is 3. The lowest BCUT2D eigenvalue weighted by atomic mass is 10.5. The molecular formula is C4H6N6O. The molecule has 0 atom stereocenters. The van der Waals surface area contributed by atoms with Crippen molar-refractivity contribution < 1.29 is 5.21 Å². The normalized spacial score (nSPS) is 11.6. The van der Waals surface area contributed by atoms with E-state index in [9.17, 15) is 0 Å². The van der Waals surface area contributed by atoms with Crippen LogP contribution in [0.3, 0.4) is 0 Å². The lowest BCUT2D eigenvalue weighted by Gasteiger charge is -1.81. The monoisotopic (exact) mass is 154 g/mol. The third kappa shape index (κ3) is 1.51. The fourth-order valence-corrected chi connectivity index (χ4v) is 0.540. The molecule has 0 aromatic carbocycles. The van der Waals surface area contributed by atoms with Gasteiger partial charge in [-0.15, -0.1) is 5.10 Å². The zero-order valence-corrected chi connectivity index (χ0v) is 5.47. The van der Waals surface area contributed by atoms with E-state index >= 15 is 0 Å². The molecule has 7 heteroatoms. The number of hydrogen-bond acceptors (Lipinski definition) is 5. The molecule has 0 aliphatic carbocycles. The summed E-state index contributed by atoms with van der Waals surface area (Å²) in [6.07, 6.45) is 2.18. The summed E-state index contributed by atoms with van der Waals surface area (Å²) in [5.74, 6) is 0.283. The number of nitrogens with two attached hydrogens (primary N) is 1. The Labute approximate surface area is 61.6 Å². The average Bonchev–Trinajstić information content (AvgIpc) is 2.39. The largest absolute Gasteiger partial charge is 0.411 e. The van der Waals surface area contributed by atoms with Crippen LogP contribution in [0.2, 0.25) is 0 Å². The van der Waals surface area contributed by atoms with Crippen LogP contribution >= 0.6 is 0 Å². The van der Waals surface area contributed by atoms with Crippen molar-refractivity contribution in [3.05, 3.63) is 5.69 Å². The van der Waals surface area contributed by atoms with E-state index in [0.717, 1.165) is 12.6 Å². The SMILES string of the molecule is NC=Nc1n[nH]nc1/C=N/O. The van der Waals surface area contributed by atoms with Gasteiger partial charge in [0.25, 0.3) is 0 Å². The zero-order chi connectivity index (χ0) is 8.10. The number of nitrogens with one attached hydrogen (secondary N) is 1. The fourth-order valence-electron chi connectivity index (χ4n) is 0.540. The summed E-state index contributed by atoms with van der Waals surface area (Å²) in [5, 5.41) is 20.4. The fraction of sp³-hybridized carbons (Fsp3) is 0. The Morgan fingerprint density at radius 3 is 3.00 bits per heavy atom. The Morgan fingerprint density at radius 1 is 1.55 bits per heavy atom. The second-order valence-corrected chi connectivity index (χ2v) is 1.56. The summed E-state index contributed by atoms with van der Waals surface area (Å²) in [7, 11) is 0. The Bertz CT molecular complexity index is 249. The first-order valence-corrected chi connectivity index (χ1v) is 2.71. The zero-order valence-electron chi connectivity index (χ0n) is 5.47. The molecule has 1 rings (SSSR count). The number of H-pyrrole nitrogens is 1. The minimum absolute atomic E-state index is 0.283. The molecule has 0 amide bonds. The van der Waals surface area contributed by atoms with Crippen molar-refractivity contribution in [3.8, 4) is 0 Å². The Balaban J connectivity index is 2.95. The van der Waals surface area contributed by atoms with Crippen molar-refractivity contribution in [2.45, 2.75) is 0 Å². The molecule has 0 saturated carbocycles. The predicted octanol–water partition coefficient (Wildman–Crippen LogP) is -0.769. The van der Waals surface area contributed by atoms with Gasteiger partial charge in [0.15, 0.2) is 5.69 Å². The van der Waals surface area contributed by atoms with Gasteiger partial charge in [-0.3, -0.25) is 0 Å². The number of aromatic amines is 1. The number of aliphatic imine (C=N–C) groups is 1. The second kappa shape index (κ2) is 3.30. The van der Waals surface area contributed by atoms with E-state index in [2.05, 4.69) is 25.6 Å². The summed E-state index contributed by atoms with van der Waals surface area (Å²) in [4.78, 5) is 3.63. The first-order chi connectivity index (χ1) is 5.38. The Hall–Kier alpha value is -1.92. The lowest BCUT2D eigenvalue weighted by molar-refractivity contribution is 0.321. The first-order valence-electron chi connectivity index (χ1n) is 2.71. The molecule has 0 aliphatic heterocycles. The van der Waals surface area contributed by atoms with Crippen LogP contribution in [-0.2, 0) is 0 Å². The molecular weight excluding hydrogens is 148 g/mol. The van der Waals surface area contributed by atoms with Crippen LogP contribution in [0.4, 0.5) is 5.82 Å². The van der Waals surface area contributed by atoms with E-state index in [4.69, 9.17) is 10.9 Å². The van der Waals surface area contributed by atoms with Crippen LogP contribution in [0.5, 0.6) is 0 Å². The molecule has 1 aromatic rings. The molecule has 7 nitrogen and oxygen atoms in total. The standard InChI is InChI=1S/C4H6N6O/c5-2-6-4-3(1-7-11)8-10-9-4/h1-2,11H,(H3,5,6,8,9,10)/b7-1+. The van der Waals surface area contributed by atoms with Crippen LogP contribution in [0, 0.1) is 0 Å². The van der Waals surface area contributed by atoms with Crippen LogP contribution in [-0.4, -0.2) is 33.2 Å². The third-order valence-electron chi connectivity index (χ3n) is 0.932. The highest BCUT2D eigenvalue weighted by atomic mass is 16.4. The lowest BCUT2D eigenvalue weighted by Crippen LogP contribution is -1.88. The molecule has 11 heavy (non-hydrogen) atoms. The molecule has 1 aromatic heterocycles. The molecule has 0 radical (unpaired) electrons. The van der Waals surface area contributed by atoms with Crippen LogP contribution in [0.15, 0.2) is 10.1 Å². The Kier molecular flexibility index (Phi) is 2.16. The van der Waals surface area contributed by atoms with E-state index in [-0.39, 0.29) is 5.82 Å². The van der Waals surface area contributed by atoms with E-state index < -0.39 is 0 Å². The van der Waals surface area contributed by atoms with Gasteiger partial charge in [-0.1, -0.05) is 5.16 Å². The molecule has 0 saturated heterocycles. The van der Waals surface area contributed by atoms with Crippen LogP contribution in [0.25, 0.3) is 0 Å². The van der Waals surface area contributed by atoms with Gasteiger partial charge in [-0.05, 0) is 0 Å². The highest BCUT2D eigenvalue weighted by molar-refractivity contribution is 5.82. The second-order valence-electron chi connectivity index (χ2n) is 1.56. The van der Waals surface area contributed by atoms with Crippen molar-refractivity contribution in [2.24, 2.45) is 15.9 Å². The molecule has 1 heterocycles. The maximum absolute atomic E-state index is 8.14.